The highest BCUT2D eigenvalue weighted by atomic mass is 16.5. The van der Waals surface area contributed by atoms with Gasteiger partial charge in [-0.15, -0.1) is 0 Å². The summed E-state index contributed by atoms with van der Waals surface area (Å²) >= 11 is 0. The van der Waals surface area contributed by atoms with Gasteiger partial charge in [0.1, 0.15) is 24.2 Å². The Balaban J connectivity index is 2.02. The minimum Gasteiger partial charge on any atom is -0.496 e. The molecule has 1 saturated heterocycles. The van der Waals surface area contributed by atoms with E-state index in [-0.39, 0.29) is 5.54 Å². The molecule has 1 spiro atoms. The highest BCUT2D eigenvalue weighted by Crippen LogP contribution is 2.45. The predicted molar refractivity (Wildman–Crippen MR) is 68.0 cm³/mol. The van der Waals surface area contributed by atoms with E-state index in [4.69, 9.17) is 9.47 Å². The van der Waals surface area contributed by atoms with Crippen molar-refractivity contribution >= 4 is 0 Å². The van der Waals surface area contributed by atoms with E-state index in [1.54, 1.807) is 7.11 Å². The van der Waals surface area contributed by atoms with Crippen molar-refractivity contribution in [1.82, 2.24) is 5.32 Å². The molecule has 0 amide bonds. The van der Waals surface area contributed by atoms with Crippen LogP contribution in [-0.2, 0) is 0 Å². The number of hydrogen-bond donors (Lipinski definition) is 2. The Kier molecular flexibility index (Phi) is 2.92. The van der Waals surface area contributed by atoms with Crippen LogP contribution in [0.5, 0.6) is 11.5 Å². The molecule has 0 aliphatic carbocycles. The lowest BCUT2D eigenvalue weighted by atomic mass is 9.79. The Labute approximate surface area is 107 Å². The number of aliphatic hydroxyl groups is 1. The van der Waals surface area contributed by atoms with E-state index in [0.717, 1.165) is 37.1 Å². The van der Waals surface area contributed by atoms with E-state index < -0.39 is 6.10 Å². The first-order valence-electron chi connectivity index (χ1n) is 6.50. The zero-order valence-electron chi connectivity index (χ0n) is 10.6. The third-order valence-corrected chi connectivity index (χ3v) is 4.05. The molecule has 1 aromatic carbocycles. The van der Waals surface area contributed by atoms with Crippen LogP contribution in [0.25, 0.3) is 0 Å². The molecule has 2 heterocycles. The maximum Gasteiger partial charge on any atom is 0.129 e. The van der Waals surface area contributed by atoms with Crippen LogP contribution in [0.4, 0.5) is 0 Å². The average Bonchev–Trinajstić information content (AvgIpc) is 2.44. The standard InChI is InChI=1S/C14H19NO3/c1-17-10-5-4-6-11-12(10)13(16)14(9-18-11)7-2-3-8-15-14/h4-6,13,15-16H,2-3,7-9H2,1H3/t13-,14-/m0/s1. The smallest absolute Gasteiger partial charge is 0.129 e. The lowest BCUT2D eigenvalue weighted by Crippen LogP contribution is -2.58. The first kappa shape index (κ1) is 11.8. The summed E-state index contributed by atoms with van der Waals surface area (Å²) in [5.41, 5.74) is 0.431. The van der Waals surface area contributed by atoms with Gasteiger partial charge in [-0.3, -0.25) is 0 Å². The molecule has 4 heteroatoms. The molecule has 18 heavy (non-hydrogen) atoms. The molecule has 2 aliphatic rings. The summed E-state index contributed by atoms with van der Waals surface area (Å²) in [4.78, 5) is 0. The van der Waals surface area contributed by atoms with Crippen molar-refractivity contribution in [2.45, 2.75) is 30.9 Å². The van der Waals surface area contributed by atoms with Crippen molar-refractivity contribution in [3.63, 3.8) is 0 Å². The van der Waals surface area contributed by atoms with Crippen molar-refractivity contribution in [3.05, 3.63) is 23.8 Å². The van der Waals surface area contributed by atoms with Gasteiger partial charge in [0.15, 0.2) is 0 Å². The summed E-state index contributed by atoms with van der Waals surface area (Å²) in [5, 5.41) is 14.2. The normalized spacial score (nSPS) is 30.7. The van der Waals surface area contributed by atoms with Crippen LogP contribution in [0.1, 0.15) is 30.9 Å². The largest absolute Gasteiger partial charge is 0.496 e. The Bertz CT molecular complexity index is 426. The highest BCUT2D eigenvalue weighted by molar-refractivity contribution is 5.49. The molecule has 1 fully saturated rings. The van der Waals surface area contributed by atoms with Crippen LogP contribution < -0.4 is 14.8 Å². The van der Waals surface area contributed by atoms with Crippen LogP contribution in [0.2, 0.25) is 0 Å². The van der Waals surface area contributed by atoms with Crippen molar-refractivity contribution in [2.75, 3.05) is 20.3 Å². The van der Waals surface area contributed by atoms with Gasteiger partial charge >= 0.3 is 0 Å². The molecule has 0 aromatic heterocycles. The summed E-state index contributed by atoms with van der Waals surface area (Å²) < 4.78 is 11.2. The molecular weight excluding hydrogens is 230 g/mol. The minimum atomic E-state index is -0.572. The number of aliphatic hydroxyl groups excluding tert-OH is 1. The molecule has 0 unspecified atom stereocenters. The van der Waals surface area contributed by atoms with Crippen LogP contribution >= 0.6 is 0 Å². The van der Waals surface area contributed by atoms with Crippen LogP contribution in [0.3, 0.4) is 0 Å². The topological polar surface area (TPSA) is 50.7 Å². The molecule has 98 valence electrons. The second kappa shape index (κ2) is 4.44. The predicted octanol–water partition coefficient (Wildman–Crippen LogP) is 1.63. The maximum absolute atomic E-state index is 10.7. The van der Waals surface area contributed by atoms with Gasteiger partial charge < -0.3 is 19.9 Å². The number of piperidine rings is 1. The van der Waals surface area contributed by atoms with E-state index in [9.17, 15) is 5.11 Å². The zero-order chi connectivity index (χ0) is 12.6. The first-order valence-corrected chi connectivity index (χ1v) is 6.50. The molecule has 2 aliphatic heterocycles. The second-order valence-electron chi connectivity index (χ2n) is 5.10. The maximum atomic E-state index is 10.7. The Morgan fingerprint density at radius 3 is 3.06 bits per heavy atom. The molecule has 3 rings (SSSR count). The summed E-state index contributed by atoms with van der Waals surface area (Å²) in [7, 11) is 1.62. The molecular formula is C14H19NO3. The fraction of sp³-hybridized carbons (Fsp3) is 0.571. The average molecular weight is 249 g/mol. The highest BCUT2D eigenvalue weighted by Gasteiger charge is 2.45. The third-order valence-electron chi connectivity index (χ3n) is 4.05. The number of nitrogens with one attached hydrogen (secondary N) is 1. The number of hydrogen-bond acceptors (Lipinski definition) is 4. The van der Waals surface area contributed by atoms with E-state index in [1.165, 1.54) is 0 Å². The monoisotopic (exact) mass is 249 g/mol. The first-order chi connectivity index (χ1) is 8.77. The Morgan fingerprint density at radius 2 is 2.33 bits per heavy atom. The van der Waals surface area contributed by atoms with E-state index in [2.05, 4.69) is 5.32 Å². The lowest BCUT2D eigenvalue weighted by molar-refractivity contribution is -0.0126. The van der Waals surface area contributed by atoms with Gasteiger partial charge in [0.25, 0.3) is 0 Å². The molecule has 0 radical (unpaired) electrons. The zero-order valence-corrected chi connectivity index (χ0v) is 10.6. The van der Waals surface area contributed by atoms with Crippen molar-refractivity contribution in [3.8, 4) is 11.5 Å². The Morgan fingerprint density at radius 1 is 1.44 bits per heavy atom. The summed E-state index contributed by atoms with van der Waals surface area (Å²) in [5.74, 6) is 1.44. The third kappa shape index (κ3) is 1.68. The molecule has 2 atom stereocenters. The summed E-state index contributed by atoms with van der Waals surface area (Å²) in [6, 6.07) is 5.64. The van der Waals surface area contributed by atoms with Crippen molar-refractivity contribution < 1.29 is 14.6 Å². The number of fused-ring (bicyclic) bond motifs is 1. The Hall–Kier alpha value is -1.26. The molecule has 0 bridgehead atoms. The molecule has 0 saturated carbocycles. The van der Waals surface area contributed by atoms with Crippen LogP contribution in [0.15, 0.2) is 18.2 Å². The number of methoxy groups -OCH3 is 1. The van der Waals surface area contributed by atoms with Crippen LogP contribution in [-0.4, -0.2) is 30.9 Å². The van der Waals surface area contributed by atoms with Gasteiger partial charge in [0.2, 0.25) is 0 Å². The fourth-order valence-corrected chi connectivity index (χ4v) is 3.01. The fourth-order valence-electron chi connectivity index (χ4n) is 3.01. The quantitative estimate of drug-likeness (QED) is 0.794. The van der Waals surface area contributed by atoms with Gasteiger partial charge in [0, 0.05) is 0 Å². The molecule has 2 N–H and O–H groups in total. The second-order valence-corrected chi connectivity index (χ2v) is 5.10. The van der Waals surface area contributed by atoms with Crippen LogP contribution in [0, 0.1) is 0 Å². The number of ether oxygens (including phenoxy) is 2. The van der Waals surface area contributed by atoms with Gasteiger partial charge in [-0.2, -0.15) is 0 Å². The molecule has 1 aromatic rings. The van der Waals surface area contributed by atoms with Gasteiger partial charge in [0.05, 0.1) is 18.2 Å². The lowest BCUT2D eigenvalue weighted by Gasteiger charge is -2.45. The van der Waals surface area contributed by atoms with E-state index >= 15 is 0 Å². The number of benzene rings is 1. The van der Waals surface area contributed by atoms with Gasteiger partial charge in [-0.05, 0) is 31.5 Å². The van der Waals surface area contributed by atoms with Gasteiger partial charge in [-0.25, -0.2) is 0 Å². The van der Waals surface area contributed by atoms with E-state index in [1.807, 2.05) is 18.2 Å². The van der Waals surface area contributed by atoms with Gasteiger partial charge in [-0.1, -0.05) is 12.5 Å². The summed E-state index contributed by atoms with van der Waals surface area (Å²) in [6.07, 6.45) is 2.65. The SMILES string of the molecule is COc1cccc2c1[C@H](O)[C@]1(CCCCN1)CO2. The van der Waals surface area contributed by atoms with Crippen molar-refractivity contribution in [1.29, 1.82) is 0 Å². The summed E-state index contributed by atoms with van der Waals surface area (Å²) in [6.45, 7) is 1.46. The van der Waals surface area contributed by atoms with E-state index in [0.29, 0.717) is 12.4 Å². The minimum absolute atomic E-state index is 0.347. The van der Waals surface area contributed by atoms with Crippen molar-refractivity contribution in [2.24, 2.45) is 0 Å². The number of rotatable bonds is 1. The molecule has 4 nitrogen and oxygen atoms in total.